The van der Waals surface area contributed by atoms with Crippen molar-refractivity contribution in [2.24, 2.45) is 0 Å². The molecule has 0 fully saturated rings. The second kappa shape index (κ2) is 8.74. The largest absolute Gasteiger partial charge is 0.497 e. The number of hydrogen-bond donors (Lipinski definition) is 0. The average molecular weight is 383 g/mol. The van der Waals surface area contributed by atoms with Gasteiger partial charge < -0.3 is 14.2 Å². The van der Waals surface area contributed by atoms with E-state index in [1.165, 1.54) is 20.3 Å². The minimum absolute atomic E-state index is 0.0145. The molecular weight excluding hydrogens is 367 g/mol. The fraction of sp³-hybridized carbons (Fsp3) is 0.222. The molecule has 0 saturated heterocycles. The van der Waals surface area contributed by atoms with Gasteiger partial charge in [-0.15, -0.1) is 0 Å². The summed E-state index contributed by atoms with van der Waals surface area (Å²) < 4.78 is 15.3. The minimum atomic E-state index is -0.548. The van der Waals surface area contributed by atoms with Gasteiger partial charge in [-0.1, -0.05) is 29.3 Å². The van der Waals surface area contributed by atoms with E-state index in [1.807, 2.05) is 0 Å². The number of methoxy groups -OCH3 is 2. The molecule has 0 heterocycles. The Morgan fingerprint density at radius 3 is 2.36 bits per heavy atom. The molecule has 5 nitrogen and oxygen atoms in total. The summed E-state index contributed by atoms with van der Waals surface area (Å²) in [5.74, 6) is -0.0514. The fourth-order valence-electron chi connectivity index (χ4n) is 2.12. The smallest absolute Gasteiger partial charge is 0.310 e. The van der Waals surface area contributed by atoms with Gasteiger partial charge in [0.05, 0.1) is 36.2 Å². The van der Waals surface area contributed by atoms with Crippen molar-refractivity contribution in [3.63, 3.8) is 0 Å². The molecule has 7 heteroatoms. The summed E-state index contributed by atoms with van der Waals surface area (Å²) in [4.78, 5) is 24.2. The van der Waals surface area contributed by atoms with Crippen molar-refractivity contribution in [3.05, 3.63) is 57.6 Å². The Morgan fingerprint density at radius 2 is 1.72 bits per heavy atom. The monoisotopic (exact) mass is 382 g/mol. The number of benzene rings is 2. The van der Waals surface area contributed by atoms with Gasteiger partial charge in [-0.3, -0.25) is 9.59 Å². The number of carbonyl (C=O) groups is 2. The maximum absolute atomic E-state index is 12.3. The summed E-state index contributed by atoms with van der Waals surface area (Å²) in [5, 5.41) is 0.753. The van der Waals surface area contributed by atoms with Crippen molar-refractivity contribution in [2.75, 3.05) is 20.8 Å². The quantitative estimate of drug-likeness (QED) is 0.535. The predicted molar refractivity (Wildman–Crippen MR) is 95.0 cm³/mol. The van der Waals surface area contributed by atoms with Crippen LogP contribution >= 0.6 is 23.2 Å². The lowest BCUT2D eigenvalue weighted by molar-refractivity contribution is -0.141. The van der Waals surface area contributed by atoms with Gasteiger partial charge >= 0.3 is 5.97 Å². The zero-order valence-corrected chi connectivity index (χ0v) is 15.2. The van der Waals surface area contributed by atoms with Gasteiger partial charge in [0, 0.05) is 0 Å². The molecule has 0 saturated carbocycles. The third kappa shape index (κ3) is 5.11. The van der Waals surface area contributed by atoms with Crippen LogP contribution in [0.25, 0.3) is 0 Å². The maximum Gasteiger partial charge on any atom is 0.310 e. The van der Waals surface area contributed by atoms with Crippen LogP contribution in [0.15, 0.2) is 36.4 Å². The average Bonchev–Trinajstić information content (AvgIpc) is 2.62. The van der Waals surface area contributed by atoms with Crippen LogP contribution in [0.1, 0.15) is 15.9 Å². The Balaban J connectivity index is 1.99. The standard InChI is InChI=1S/C18H16Cl2O5/c1-23-12-4-6-17(24-2)13(9-12)16(21)10-25-18(22)8-11-3-5-14(19)15(20)7-11/h3-7,9H,8,10H2,1-2H3. The fourth-order valence-corrected chi connectivity index (χ4v) is 2.44. The van der Waals surface area contributed by atoms with Crippen molar-refractivity contribution in [1.29, 1.82) is 0 Å². The highest BCUT2D eigenvalue weighted by molar-refractivity contribution is 6.42. The normalized spacial score (nSPS) is 10.2. The Kier molecular flexibility index (Phi) is 6.67. The van der Waals surface area contributed by atoms with Crippen molar-refractivity contribution < 1.29 is 23.8 Å². The highest BCUT2D eigenvalue weighted by Gasteiger charge is 2.16. The number of Topliss-reactive ketones (excluding diaryl/α,β-unsaturated/α-hetero) is 1. The van der Waals surface area contributed by atoms with Crippen LogP contribution in [0, 0.1) is 0 Å². The summed E-state index contributed by atoms with van der Waals surface area (Å²) in [5.41, 5.74) is 0.926. The molecule has 0 bridgehead atoms. The number of rotatable bonds is 7. The molecule has 2 aromatic rings. The van der Waals surface area contributed by atoms with Crippen molar-refractivity contribution in [1.82, 2.24) is 0 Å². The molecule has 132 valence electrons. The van der Waals surface area contributed by atoms with Gasteiger partial charge in [0.2, 0.25) is 5.78 Å². The van der Waals surface area contributed by atoms with E-state index in [-0.39, 0.29) is 12.0 Å². The Morgan fingerprint density at radius 1 is 0.960 bits per heavy atom. The minimum Gasteiger partial charge on any atom is -0.497 e. The molecule has 0 unspecified atom stereocenters. The molecule has 0 aliphatic carbocycles. The van der Waals surface area contributed by atoms with E-state index in [0.717, 1.165) is 0 Å². The van der Waals surface area contributed by atoms with E-state index >= 15 is 0 Å². The topological polar surface area (TPSA) is 61.8 Å². The first kappa shape index (κ1) is 19.1. The van der Waals surface area contributed by atoms with Gasteiger partial charge in [-0.25, -0.2) is 0 Å². The van der Waals surface area contributed by atoms with Gasteiger partial charge in [-0.2, -0.15) is 0 Å². The summed E-state index contributed by atoms with van der Waals surface area (Å²) in [6.45, 7) is -0.399. The number of esters is 1. The molecule has 2 rings (SSSR count). The second-order valence-electron chi connectivity index (χ2n) is 5.08. The molecule has 0 spiro atoms. The molecule has 0 aliphatic rings. The molecule has 0 radical (unpaired) electrons. The Hall–Kier alpha value is -2.24. The summed E-state index contributed by atoms with van der Waals surface area (Å²) in [6.07, 6.45) is -0.0145. The zero-order chi connectivity index (χ0) is 18.4. The highest BCUT2D eigenvalue weighted by atomic mass is 35.5. The van der Waals surface area contributed by atoms with Crippen LogP contribution in [0.3, 0.4) is 0 Å². The summed E-state index contributed by atoms with van der Waals surface area (Å²) in [7, 11) is 2.95. The van der Waals surface area contributed by atoms with Crippen LogP contribution in [0.2, 0.25) is 10.0 Å². The third-order valence-corrected chi connectivity index (χ3v) is 4.14. The lowest BCUT2D eigenvalue weighted by Crippen LogP contribution is -2.16. The molecule has 0 aromatic heterocycles. The van der Waals surface area contributed by atoms with Gasteiger partial charge in [0.15, 0.2) is 6.61 Å². The van der Waals surface area contributed by atoms with Crippen LogP contribution in [-0.2, 0) is 16.0 Å². The lowest BCUT2D eigenvalue weighted by atomic mass is 10.1. The number of halogens is 2. The van der Waals surface area contributed by atoms with E-state index in [1.54, 1.807) is 30.3 Å². The van der Waals surface area contributed by atoms with Crippen molar-refractivity contribution >= 4 is 35.0 Å². The van der Waals surface area contributed by atoms with Gasteiger partial charge in [0.25, 0.3) is 0 Å². The molecule has 0 N–H and O–H groups in total. The van der Waals surface area contributed by atoms with Crippen LogP contribution in [0.5, 0.6) is 11.5 Å². The van der Waals surface area contributed by atoms with Crippen LogP contribution in [0.4, 0.5) is 0 Å². The Labute approximate surface area is 155 Å². The van der Waals surface area contributed by atoms with Crippen LogP contribution < -0.4 is 9.47 Å². The van der Waals surface area contributed by atoms with Crippen molar-refractivity contribution in [3.8, 4) is 11.5 Å². The van der Waals surface area contributed by atoms with E-state index < -0.39 is 18.4 Å². The van der Waals surface area contributed by atoms with Gasteiger partial charge in [0.1, 0.15) is 11.5 Å². The first-order valence-corrected chi connectivity index (χ1v) is 8.05. The molecular formula is C18H16Cl2O5. The number of carbonyl (C=O) groups excluding carboxylic acids is 2. The SMILES string of the molecule is COc1ccc(OC)c(C(=O)COC(=O)Cc2ccc(Cl)c(Cl)c2)c1. The Bertz CT molecular complexity index is 789. The lowest BCUT2D eigenvalue weighted by Gasteiger charge is -2.10. The predicted octanol–water partition coefficient (Wildman–Crippen LogP) is 3.98. The van der Waals surface area contributed by atoms with E-state index in [9.17, 15) is 9.59 Å². The third-order valence-electron chi connectivity index (χ3n) is 3.40. The number of ketones is 1. The second-order valence-corrected chi connectivity index (χ2v) is 5.89. The highest BCUT2D eigenvalue weighted by Crippen LogP contribution is 2.25. The zero-order valence-electron chi connectivity index (χ0n) is 13.7. The molecule has 0 atom stereocenters. The molecule has 0 amide bonds. The number of hydrogen-bond acceptors (Lipinski definition) is 5. The first-order chi connectivity index (χ1) is 11.9. The summed E-state index contributed by atoms with van der Waals surface area (Å²) in [6, 6.07) is 9.67. The van der Waals surface area contributed by atoms with Crippen molar-refractivity contribution in [2.45, 2.75) is 6.42 Å². The molecule has 2 aromatic carbocycles. The van der Waals surface area contributed by atoms with E-state index in [2.05, 4.69) is 0 Å². The molecule has 25 heavy (non-hydrogen) atoms. The number of ether oxygens (including phenoxy) is 3. The van der Waals surface area contributed by atoms with E-state index in [0.29, 0.717) is 27.1 Å². The van der Waals surface area contributed by atoms with Crippen LogP contribution in [-0.4, -0.2) is 32.6 Å². The van der Waals surface area contributed by atoms with Gasteiger partial charge in [-0.05, 0) is 35.9 Å². The summed E-state index contributed by atoms with van der Waals surface area (Å²) >= 11 is 11.7. The molecule has 0 aliphatic heterocycles. The van der Waals surface area contributed by atoms with E-state index in [4.69, 9.17) is 37.4 Å². The first-order valence-electron chi connectivity index (χ1n) is 7.29. The maximum atomic E-state index is 12.3.